The zero-order valence-electron chi connectivity index (χ0n) is 33.1. The average Bonchev–Trinajstić information content (AvgIpc) is 3.93. The standard InChI is InChI=1S/C42H50N12O4/c1-42(29-13-9-8-10-14-29)20-22-53(27-42)31-23-28(25-45-51-43)39-48-38(50-54(39)26-31)41(58)44-21-12-7-5-3-4-6-11-15-35(55)46-30-16-17-32-34(24-30)52(2)49-37(32)33-18-19-36(56)47-40(33)57/h8-10,13-14,16-17,23-24,26,33H,3-7,11-12,15,18-22,25,27H2,1-2H3,(H,44,58)(H,46,55)(H,47,56,57)/t33?,42-/m0/s1. The summed E-state index contributed by atoms with van der Waals surface area (Å²) in [4.78, 5) is 59.5. The Hall–Kier alpha value is -6.28. The lowest BCUT2D eigenvalue weighted by Gasteiger charge is -2.26. The number of hydrogen-bond donors (Lipinski definition) is 3. The summed E-state index contributed by atoms with van der Waals surface area (Å²) in [6.45, 7) is 4.59. The van der Waals surface area contributed by atoms with Gasteiger partial charge in [-0.3, -0.25) is 29.2 Å². The van der Waals surface area contributed by atoms with Gasteiger partial charge in [0, 0.05) is 66.5 Å². The predicted molar refractivity (Wildman–Crippen MR) is 220 cm³/mol. The number of imide groups is 1. The van der Waals surface area contributed by atoms with E-state index in [4.69, 9.17) is 5.53 Å². The number of amides is 4. The van der Waals surface area contributed by atoms with E-state index in [2.05, 4.69) is 77.2 Å². The molecule has 0 spiro atoms. The Morgan fingerprint density at radius 1 is 1.02 bits per heavy atom. The minimum absolute atomic E-state index is 0.00277. The van der Waals surface area contributed by atoms with Crippen LogP contribution in [-0.4, -0.2) is 67.6 Å². The van der Waals surface area contributed by atoms with Crippen LogP contribution in [0.5, 0.6) is 0 Å². The number of azide groups is 1. The molecular formula is C42H50N12O4. The van der Waals surface area contributed by atoms with Crippen LogP contribution >= 0.6 is 0 Å². The average molecular weight is 787 g/mol. The first-order valence-corrected chi connectivity index (χ1v) is 20.2. The largest absolute Gasteiger partial charge is 0.369 e. The molecule has 7 rings (SSSR count). The summed E-state index contributed by atoms with van der Waals surface area (Å²) in [6, 6.07) is 18.1. The number of benzene rings is 2. The molecule has 0 saturated carbocycles. The highest BCUT2D eigenvalue weighted by atomic mass is 16.2. The number of aryl methyl sites for hydroxylation is 1. The lowest BCUT2D eigenvalue weighted by Crippen LogP contribution is -2.39. The van der Waals surface area contributed by atoms with Crippen molar-refractivity contribution in [2.45, 2.75) is 95.4 Å². The van der Waals surface area contributed by atoms with Crippen LogP contribution in [0.3, 0.4) is 0 Å². The highest BCUT2D eigenvalue weighted by Crippen LogP contribution is 2.37. The topological polar surface area (TPSA) is 204 Å². The molecule has 58 heavy (non-hydrogen) atoms. The molecule has 16 heteroatoms. The van der Waals surface area contributed by atoms with Crippen LogP contribution < -0.4 is 20.9 Å². The Kier molecular flexibility index (Phi) is 12.3. The van der Waals surface area contributed by atoms with E-state index in [-0.39, 0.29) is 47.8 Å². The van der Waals surface area contributed by atoms with Crippen LogP contribution in [0.25, 0.3) is 27.0 Å². The van der Waals surface area contributed by atoms with Gasteiger partial charge in [0.1, 0.15) is 0 Å². The van der Waals surface area contributed by atoms with Gasteiger partial charge in [0.25, 0.3) is 5.91 Å². The van der Waals surface area contributed by atoms with E-state index in [1.54, 1.807) is 16.2 Å². The molecule has 4 amide bonds. The minimum Gasteiger partial charge on any atom is -0.369 e. The first-order chi connectivity index (χ1) is 28.1. The maximum Gasteiger partial charge on any atom is 0.290 e. The van der Waals surface area contributed by atoms with Crippen LogP contribution in [0.15, 0.2) is 65.9 Å². The number of anilines is 2. The summed E-state index contributed by atoms with van der Waals surface area (Å²) in [7, 11) is 1.80. The maximum atomic E-state index is 13.1. The predicted octanol–water partition coefficient (Wildman–Crippen LogP) is 6.60. The van der Waals surface area contributed by atoms with Crippen molar-refractivity contribution in [2.24, 2.45) is 12.2 Å². The number of carbonyl (C=O) groups excluding carboxylic acids is 4. The molecule has 2 atom stereocenters. The van der Waals surface area contributed by atoms with Gasteiger partial charge in [0.15, 0.2) is 5.65 Å². The summed E-state index contributed by atoms with van der Waals surface area (Å²) >= 11 is 0. The summed E-state index contributed by atoms with van der Waals surface area (Å²) in [5.41, 5.74) is 14.6. The van der Waals surface area contributed by atoms with Crippen LogP contribution in [0.2, 0.25) is 0 Å². The zero-order chi connectivity index (χ0) is 40.6. The lowest BCUT2D eigenvalue weighted by atomic mass is 9.82. The van der Waals surface area contributed by atoms with Gasteiger partial charge >= 0.3 is 0 Å². The van der Waals surface area contributed by atoms with E-state index in [9.17, 15) is 19.2 Å². The molecule has 2 aromatic carbocycles. The lowest BCUT2D eigenvalue weighted by molar-refractivity contribution is -0.134. The second-order valence-electron chi connectivity index (χ2n) is 15.7. The third-order valence-electron chi connectivity index (χ3n) is 11.4. The van der Waals surface area contributed by atoms with Crippen molar-refractivity contribution in [2.75, 3.05) is 29.9 Å². The fourth-order valence-electron chi connectivity index (χ4n) is 8.16. The summed E-state index contributed by atoms with van der Waals surface area (Å²) in [5, 5.41) is 22.0. The van der Waals surface area contributed by atoms with Crippen molar-refractivity contribution in [3.8, 4) is 0 Å². The Morgan fingerprint density at radius 2 is 1.79 bits per heavy atom. The molecule has 302 valence electrons. The van der Waals surface area contributed by atoms with Crippen molar-refractivity contribution in [3.63, 3.8) is 0 Å². The van der Waals surface area contributed by atoms with E-state index in [1.807, 2.05) is 36.5 Å². The molecule has 3 N–H and O–H groups in total. The van der Waals surface area contributed by atoms with Crippen molar-refractivity contribution in [1.82, 2.24) is 35.0 Å². The molecule has 5 aromatic rings. The van der Waals surface area contributed by atoms with Gasteiger partial charge in [-0.2, -0.15) is 5.10 Å². The Labute approximate surface area is 336 Å². The SMILES string of the molecule is Cn1nc(C2CCC(=O)NC2=O)c2ccc(NC(=O)CCCCCCCCCNC(=O)c3nc4c(CN=[N+]=[N-])cc(N5CC[C@](C)(c6ccccc6)C5)cn4n3)cc21. The molecule has 16 nitrogen and oxygen atoms in total. The Balaban J connectivity index is 0.808. The number of piperidine rings is 1. The van der Waals surface area contributed by atoms with Crippen LogP contribution in [0.4, 0.5) is 11.4 Å². The first kappa shape index (κ1) is 39.9. The minimum atomic E-state index is -0.476. The number of unbranched alkanes of at least 4 members (excludes halogenated alkanes) is 6. The van der Waals surface area contributed by atoms with Crippen molar-refractivity contribution < 1.29 is 19.2 Å². The van der Waals surface area contributed by atoms with E-state index < -0.39 is 5.92 Å². The van der Waals surface area contributed by atoms with Gasteiger partial charge in [-0.25, -0.2) is 9.50 Å². The second kappa shape index (κ2) is 17.9. The van der Waals surface area contributed by atoms with E-state index in [0.717, 1.165) is 81.0 Å². The smallest absolute Gasteiger partial charge is 0.290 e. The van der Waals surface area contributed by atoms with Crippen LogP contribution in [0.1, 0.15) is 111 Å². The van der Waals surface area contributed by atoms with Crippen LogP contribution in [-0.2, 0) is 33.4 Å². The number of nitrogens with one attached hydrogen (secondary N) is 3. The molecule has 0 aliphatic carbocycles. The number of carbonyl (C=O) groups is 4. The van der Waals surface area contributed by atoms with E-state index in [0.29, 0.717) is 42.0 Å². The van der Waals surface area contributed by atoms with E-state index in [1.165, 1.54) is 5.56 Å². The Morgan fingerprint density at radius 3 is 2.57 bits per heavy atom. The number of aromatic nitrogens is 5. The quantitative estimate of drug-likeness (QED) is 0.0307. The monoisotopic (exact) mass is 786 g/mol. The van der Waals surface area contributed by atoms with Crippen molar-refractivity contribution >= 4 is 51.6 Å². The molecule has 2 aliphatic heterocycles. The molecular weight excluding hydrogens is 737 g/mol. The number of hydrogen-bond acceptors (Lipinski definition) is 9. The number of pyridine rings is 1. The fourth-order valence-corrected chi connectivity index (χ4v) is 8.16. The maximum absolute atomic E-state index is 13.1. The van der Waals surface area contributed by atoms with Gasteiger partial charge in [-0.1, -0.05) is 74.5 Å². The molecule has 5 heterocycles. The third-order valence-corrected chi connectivity index (χ3v) is 11.4. The molecule has 2 saturated heterocycles. The fraction of sp³-hybridized carbons (Fsp3) is 0.452. The summed E-state index contributed by atoms with van der Waals surface area (Å²) in [5.74, 6) is -1.37. The highest BCUT2D eigenvalue weighted by molar-refractivity contribution is 6.03. The van der Waals surface area contributed by atoms with Gasteiger partial charge in [0.2, 0.25) is 23.5 Å². The van der Waals surface area contributed by atoms with Gasteiger partial charge < -0.3 is 15.5 Å². The van der Waals surface area contributed by atoms with Gasteiger partial charge in [0.05, 0.1) is 35.6 Å². The molecule has 0 radical (unpaired) electrons. The number of rotatable bonds is 17. The number of nitrogens with zero attached hydrogens (tertiary/aromatic N) is 9. The molecule has 0 bridgehead atoms. The van der Waals surface area contributed by atoms with E-state index >= 15 is 0 Å². The molecule has 2 aliphatic rings. The highest BCUT2D eigenvalue weighted by Gasteiger charge is 2.36. The zero-order valence-corrected chi connectivity index (χ0v) is 33.1. The molecule has 2 fully saturated rings. The molecule has 1 unspecified atom stereocenters. The summed E-state index contributed by atoms with van der Waals surface area (Å²) in [6.07, 6.45) is 10.7. The normalized spacial score (nSPS) is 18.0. The van der Waals surface area contributed by atoms with Gasteiger partial charge in [-0.15, -0.1) is 5.10 Å². The van der Waals surface area contributed by atoms with Gasteiger partial charge in [-0.05, 0) is 61.0 Å². The Bertz CT molecular complexity index is 2370. The third kappa shape index (κ3) is 9.13. The van der Waals surface area contributed by atoms with Crippen LogP contribution in [0, 0.1) is 0 Å². The second-order valence-corrected chi connectivity index (χ2v) is 15.7. The molecule has 3 aromatic heterocycles. The summed E-state index contributed by atoms with van der Waals surface area (Å²) < 4.78 is 3.32. The number of fused-ring (bicyclic) bond motifs is 2. The van der Waals surface area contributed by atoms with Crippen molar-refractivity contribution in [3.05, 3.63) is 93.9 Å². The van der Waals surface area contributed by atoms with Crippen molar-refractivity contribution in [1.29, 1.82) is 0 Å². The first-order valence-electron chi connectivity index (χ1n) is 20.2.